The highest BCUT2D eigenvalue weighted by Gasteiger charge is 2.22. The normalized spacial score (nSPS) is 14.5. The Morgan fingerprint density at radius 2 is 2.13 bits per heavy atom. The van der Waals surface area contributed by atoms with Crippen LogP contribution < -0.4 is 10.6 Å². The van der Waals surface area contributed by atoms with Crippen LogP contribution >= 0.6 is 24.0 Å². The number of aryl methyl sites for hydroxylation is 2. The fourth-order valence-electron chi connectivity index (χ4n) is 2.17. The fraction of sp³-hybridized carbons (Fsp3) is 0.533. The zero-order valence-corrected chi connectivity index (χ0v) is 16.1. The van der Waals surface area contributed by atoms with E-state index in [4.69, 9.17) is 0 Å². The molecule has 126 valence electrons. The van der Waals surface area contributed by atoms with E-state index in [1.807, 2.05) is 36.4 Å². The van der Waals surface area contributed by atoms with Crippen LogP contribution in [0.25, 0.3) is 0 Å². The van der Waals surface area contributed by atoms with Gasteiger partial charge in [-0.1, -0.05) is 0 Å². The Morgan fingerprint density at radius 1 is 1.35 bits per heavy atom. The van der Waals surface area contributed by atoms with Crippen molar-refractivity contribution in [1.82, 2.24) is 30.0 Å². The summed E-state index contributed by atoms with van der Waals surface area (Å²) >= 11 is 0. The first-order valence-electron chi connectivity index (χ1n) is 7.62. The van der Waals surface area contributed by atoms with Crippen LogP contribution in [0.1, 0.15) is 30.1 Å². The molecule has 1 aliphatic carbocycles. The summed E-state index contributed by atoms with van der Waals surface area (Å²) in [6.45, 7) is 3.23. The molecule has 0 aliphatic heterocycles. The summed E-state index contributed by atoms with van der Waals surface area (Å²) in [6.07, 6.45) is 6.56. The molecule has 0 unspecified atom stereocenters. The summed E-state index contributed by atoms with van der Waals surface area (Å²) in [5.74, 6) is 2.66. The maximum Gasteiger partial charge on any atom is 0.192 e. The Morgan fingerprint density at radius 3 is 2.70 bits per heavy atom. The number of rotatable bonds is 5. The number of hydrogen-bond acceptors (Lipinski definition) is 3. The van der Waals surface area contributed by atoms with Gasteiger partial charge in [0.2, 0.25) is 0 Å². The molecule has 3 rings (SSSR count). The van der Waals surface area contributed by atoms with Gasteiger partial charge in [-0.3, -0.25) is 0 Å². The SMILES string of the molecule is Cc1nnc(CNC(=NCc2ccn(C)c2)NC2CC2)n1C.I. The number of nitrogens with zero attached hydrogens (tertiary/aromatic N) is 5. The van der Waals surface area contributed by atoms with E-state index in [1.54, 1.807) is 0 Å². The molecule has 1 aliphatic rings. The van der Waals surface area contributed by atoms with Crippen LogP contribution in [0.15, 0.2) is 23.5 Å². The van der Waals surface area contributed by atoms with Crippen molar-refractivity contribution < 1.29 is 0 Å². The highest BCUT2D eigenvalue weighted by Crippen LogP contribution is 2.18. The summed E-state index contributed by atoms with van der Waals surface area (Å²) in [7, 11) is 3.99. The van der Waals surface area contributed by atoms with Gasteiger partial charge >= 0.3 is 0 Å². The predicted octanol–water partition coefficient (Wildman–Crippen LogP) is 1.48. The smallest absolute Gasteiger partial charge is 0.192 e. The second-order valence-corrected chi connectivity index (χ2v) is 5.84. The van der Waals surface area contributed by atoms with Crippen LogP contribution in [0.5, 0.6) is 0 Å². The Kier molecular flexibility index (Phi) is 6.03. The predicted molar refractivity (Wildman–Crippen MR) is 101 cm³/mol. The van der Waals surface area contributed by atoms with E-state index in [1.165, 1.54) is 18.4 Å². The van der Waals surface area contributed by atoms with Crippen LogP contribution in [0.4, 0.5) is 0 Å². The first-order chi connectivity index (χ1) is 10.6. The van der Waals surface area contributed by atoms with Gasteiger partial charge in [0, 0.05) is 32.5 Å². The van der Waals surface area contributed by atoms with Crippen LogP contribution in [0.2, 0.25) is 0 Å². The molecule has 0 radical (unpaired) electrons. The number of nitrogens with one attached hydrogen (secondary N) is 2. The minimum atomic E-state index is 0. The molecule has 1 saturated carbocycles. The number of halogens is 1. The van der Waals surface area contributed by atoms with E-state index in [9.17, 15) is 0 Å². The fourth-order valence-corrected chi connectivity index (χ4v) is 2.17. The topological polar surface area (TPSA) is 72.1 Å². The average Bonchev–Trinajstić information content (AvgIpc) is 3.14. The maximum atomic E-state index is 4.66. The number of guanidine groups is 1. The second-order valence-electron chi connectivity index (χ2n) is 5.84. The molecule has 0 aromatic carbocycles. The van der Waals surface area contributed by atoms with E-state index in [0.29, 0.717) is 19.1 Å². The zero-order valence-electron chi connectivity index (χ0n) is 13.8. The number of hydrogen-bond donors (Lipinski definition) is 2. The summed E-state index contributed by atoms with van der Waals surface area (Å²) in [4.78, 5) is 4.66. The maximum absolute atomic E-state index is 4.66. The van der Waals surface area contributed by atoms with Crippen LogP contribution in [-0.4, -0.2) is 31.3 Å². The summed E-state index contributed by atoms with van der Waals surface area (Å²) < 4.78 is 4.02. The molecule has 0 spiro atoms. The van der Waals surface area contributed by atoms with Crippen LogP contribution in [0.3, 0.4) is 0 Å². The molecule has 7 nitrogen and oxygen atoms in total. The average molecular weight is 429 g/mol. The van der Waals surface area contributed by atoms with E-state index in [2.05, 4.69) is 38.1 Å². The van der Waals surface area contributed by atoms with Gasteiger partial charge in [-0.2, -0.15) is 0 Å². The van der Waals surface area contributed by atoms with Crippen molar-refractivity contribution in [2.24, 2.45) is 19.1 Å². The number of aliphatic imine (C=N–C) groups is 1. The van der Waals surface area contributed by atoms with Gasteiger partial charge in [0.15, 0.2) is 11.8 Å². The van der Waals surface area contributed by atoms with Gasteiger partial charge in [0.1, 0.15) is 5.82 Å². The summed E-state index contributed by atoms with van der Waals surface area (Å²) in [5.41, 5.74) is 1.20. The molecule has 0 atom stereocenters. The van der Waals surface area contributed by atoms with Gasteiger partial charge in [-0.25, -0.2) is 4.99 Å². The molecule has 2 heterocycles. The van der Waals surface area contributed by atoms with E-state index >= 15 is 0 Å². The first kappa shape index (κ1) is 17.8. The third-order valence-corrected chi connectivity index (χ3v) is 3.83. The molecule has 23 heavy (non-hydrogen) atoms. The number of aromatic nitrogens is 4. The highest BCUT2D eigenvalue weighted by molar-refractivity contribution is 14.0. The van der Waals surface area contributed by atoms with Crippen molar-refractivity contribution in [3.8, 4) is 0 Å². The van der Waals surface area contributed by atoms with Gasteiger partial charge in [0.05, 0.1) is 13.1 Å². The van der Waals surface area contributed by atoms with Crippen molar-refractivity contribution in [3.63, 3.8) is 0 Å². The van der Waals surface area contributed by atoms with Gasteiger partial charge < -0.3 is 19.8 Å². The molecule has 1 fully saturated rings. The zero-order chi connectivity index (χ0) is 15.5. The van der Waals surface area contributed by atoms with E-state index in [-0.39, 0.29) is 24.0 Å². The lowest BCUT2D eigenvalue weighted by Crippen LogP contribution is -2.38. The summed E-state index contributed by atoms with van der Waals surface area (Å²) in [5, 5.41) is 15.0. The van der Waals surface area contributed by atoms with Crippen molar-refractivity contribution >= 4 is 29.9 Å². The third kappa shape index (κ3) is 4.95. The van der Waals surface area contributed by atoms with Gasteiger partial charge in [0.25, 0.3) is 0 Å². The Balaban J connectivity index is 0.00000192. The molecule has 8 heteroatoms. The monoisotopic (exact) mass is 429 g/mol. The van der Waals surface area contributed by atoms with Crippen molar-refractivity contribution in [2.45, 2.75) is 38.9 Å². The molecule has 2 aromatic rings. The standard InChI is InChI=1S/C15H23N7.HI/c1-11-19-20-14(22(11)3)9-17-15(18-13-4-5-13)16-8-12-6-7-21(2)10-12;/h6-7,10,13H,4-5,8-9H2,1-3H3,(H2,16,17,18);1H. The third-order valence-electron chi connectivity index (χ3n) is 3.83. The molecular weight excluding hydrogens is 405 g/mol. The van der Waals surface area contributed by atoms with Crippen molar-refractivity contribution in [2.75, 3.05) is 0 Å². The molecule has 2 N–H and O–H groups in total. The van der Waals surface area contributed by atoms with Gasteiger partial charge in [-0.15, -0.1) is 34.2 Å². The quantitative estimate of drug-likeness (QED) is 0.429. The lowest BCUT2D eigenvalue weighted by atomic mass is 10.3. The minimum Gasteiger partial charge on any atom is -0.357 e. The first-order valence-corrected chi connectivity index (χ1v) is 7.62. The summed E-state index contributed by atoms with van der Waals surface area (Å²) in [6, 6.07) is 2.65. The van der Waals surface area contributed by atoms with Crippen molar-refractivity contribution in [3.05, 3.63) is 35.7 Å². The van der Waals surface area contributed by atoms with Crippen LogP contribution in [0, 0.1) is 6.92 Å². The molecule has 0 amide bonds. The highest BCUT2D eigenvalue weighted by atomic mass is 127. The van der Waals surface area contributed by atoms with Crippen LogP contribution in [-0.2, 0) is 27.2 Å². The van der Waals surface area contributed by atoms with E-state index in [0.717, 1.165) is 17.6 Å². The van der Waals surface area contributed by atoms with Crippen molar-refractivity contribution in [1.29, 1.82) is 0 Å². The molecule has 0 saturated heterocycles. The minimum absolute atomic E-state index is 0. The lowest BCUT2D eigenvalue weighted by molar-refractivity contribution is 0.713. The van der Waals surface area contributed by atoms with Gasteiger partial charge in [-0.05, 0) is 31.4 Å². The Hall–Kier alpha value is -1.58. The Labute approximate surface area is 153 Å². The molecule has 0 bridgehead atoms. The largest absolute Gasteiger partial charge is 0.357 e. The van der Waals surface area contributed by atoms with E-state index < -0.39 is 0 Å². The second kappa shape index (κ2) is 7.80. The lowest BCUT2D eigenvalue weighted by Gasteiger charge is -2.11. The Bertz CT molecular complexity index is 669. The molecule has 2 aromatic heterocycles. The molecular formula is C15H24IN7.